The summed E-state index contributed by atoms with van der Waals surface area (Å²) < 4.78 is 4.92. The van der Waals surface area contributed by atoms with Gasteiger partial charge in [-0.2, -0.15) is 0 Å². The lowest BCUT2D eigenvalue weighted by molar-refractivity contribution is -0.137. The monoisotopic (exact) mass is 287 g/mol. The van der Waals surface area contributed by atoms with E-state index < -0.39 is 5.97 Å². The molecule has 1 aliphatic heterocycles. The SMILES string of the molecule is COCCN(CC(=O)O)C(=O)N(C)CC1CCCN1C. The number of likely N-dealkylation sites (tertiary alicyclic amines) is 1. The van der Waals surface area contributed by atoms with Crippen LogP contribution in [0, 0.1) is 0 Å². The molecular formula is C13H25N3O4. The molecule has 0 aromatic rings. The van der Waals surface area contributed by atoms with Crippen LogP contribution in [0.3, 0.4) is 0 Å². The van der Waals surface area contributed by atoms with Gasteiger partial charge in [0, 0.05) is 33.3 Å². The number of amides is 2. The first-order valence-electron chi connectivity index (χ1n) is 6.86. The molecule has 0 saturated carbocycles. The van der Waals surface area contributed by atoms with Crippen molar-refractivity contribution < 1.29 is 19.4 Å². The van der Waals surface area contributed by atoms with E-state index in [4.69, 9.17) is 9.84 Å². The summed E-state index contributed by atoms with van der Waals surface area (Å²) in [5.41, 5.74) is 0. The molecule has 1 rings (SSSR count). The largest absolute Gasteiger partial charge is 0.480 e. The van der Waals surface area contributed by atoms with Crippen LogP contribution in [-0.4, -0.2) is 91.8 Å². The lowest BCUT2D eigenvalue weighted by atomic mass is 10.2. The Hall–Kier alpha value is -1.34. The predicted molar refractivity (Wildman–Crippen MR) is 74.8 cm³/mol. The van der Waals surface area contributed by atoms with Gasteiger partial charge in [0.05, 0.1) is 6.61 Å². The number of hydrogen-bond acceptors (Lipinski definition) is 4. The van der Waals surface area contributed by atoms with Crippen LogP contribution in [0.4, 0.5) is 4.79 Å². The number of aliphatic carboxylic acids is 1. The zero-order chi connectivity index (χ0) is 15.1. The molecule has 1 unspecified atom stereocenters. The van der Waals surface area contributed by atoms with Crippen LogP contribution in [0.2, 0.25) is 0 Å². The molecule has 1 heterocycles. The van der Waals surface area contributed by atoms with E-state index in [0.717, 1.165) is 19.4 Å². The summed E-state index contributed by atoms with van der Waals surface area (Å²) in [5, 5.41) is 8.88. The van der Waals surface area contributed by atoms with Crippen LogP contribution in [0.5, 0.6) is 0 Å². The third kappa shape index (κ3) is 4.97. The molecule has 1 aliphatic rings. The number of hydrogen-bond donors (Lipinski definition) is 1. The van der Waals surface area contributed by atoms with Crippen molar-refractivity contribution in [2.45, 2.75) is 18.9 Å². The number of carboxylic acids is 1. The summed E-state index contributed by atoms with van der Waals surface area (Å²) in [4.78, 5) is 28.3. The van der Waals surface area contributed by atoms with Crippen molar-refractivity contribution in [1.29, 1.82) is 0 Å². The van der Waals surface area contributed by atoms with E-state index in [1.807, 2.05) is 0 Å². The summed E-state index contributed by atoms with van der Waals surface area (Å²) in [6, 6.07) is 0.0998. The zero-order valence-corrected chi connectivity index (χ0v) is 12.5. The highest BCUT2D eigenvalue weighted by Gasteiger charge is 2.26. The summed E-state index contributed by atoms with van der Waals surface area (Å²) in [6.45, 7) is 1.99. The fourth-order valence-corrected chi connectivity index (χ4v) is 2.45. The molecule has 116 valence electrons. The molecule has 0 bridgehead atoms. The van der Waals surface area contributed by atoms with Gasteiger partial charge in [-0.15, -0.1) is 0 Å². The molecule has 1 N–H and O–H groups in total. The average molecular weight is 287 g/mol. The van der Waals surface area contributed by atoms with Gasteiger partial charge in [0.25, 0.3) is 0 Å². The van der Waals surface area contributed by atoms with Crippen molar-refractivity contribution >= 4 is 12.0 Å². The molecule has 7 nitrogen and oxygen atoms in total. The average Bonchev–Trinajstić information content (AvgIpc) is 2.78. The topological polar surface area (TPSA) is 73.3 Å². The number of carbonyl (C=O) groups is 2. The van der Waals surface area contributed by atoms with Gasteiger partial charge in [-0.3, -0.25) is 4.79 Å². The van der Waals surface area contributed by atoms with Crippen LogP contribution in [-0.2, 0) is 9.53 Å². The Morgan fingerprint density at radius 3 is 2.65 bits per heavy atom. The summed E-state index contributed by atoms with van der Waals surface area (Å²) in [7, 11) is 5.30. The molecule has 1 atom stereocenters. The van der Waals surface area contributed by atoms with Crippen LogP contribution in [0.15, 0.2) is 0 Å². The summed E-state index contributed by atoms with van der Waals surface area (Å²) in [5.74, 6) is -1.01. The fourth-order valence-electron chi connectivity index (χ4n) is 2.45. The highest BCUT2D eigenvalue weighted by atomic mass is 16.5. The minimum Gasteiger partial charge on any atom is -0.480 e. The second-order valence-electron chi connectivity index (χ2n) is 5.25. The maximum absolute atomic E-state index is 12.3. The van der Waals surface area contributed by atoms with E-state index in [0.29, 0.717) is 19.2 Å². The molecule has 1 fully saturated rings. The van der Waals surface area contributed by atoms with Crippen LogP contribution < -0.4 is 0 Å². The van der Waals surface area contributed by atoms with Crippen molar-refractivity contribution in [2.24, 2.45) is 0 Å². The van der Waals surface area contributed by atoms with E-state index in [9.17, 15) is 9.59 Å². The Balaban J connectivity index is 2.55. The molecule has 0 aromatic carbocycles. The lowest BCUT2D eigenvalue weighted by Gasteiger charge is -2.30. The molecule has 0 aliphatic carbocycles. The highest BCUT2D eigenvalue weighted by molar-refractivity contribution is 5.80. The molecule has 1 saturated heterocycles. The molecular weight excluding hydrogens is 262 g/mol. The first-order valence-corrected chi connectivity index (χ1v) is 6.86. The van der Waals surface area contributed by atoms with E-state index in [1.165, 1.54) is 12.0 Å². The Bertz CT molecular complexity index is 338. The fraction of sp³-hybridized carbons (Fsp3) is 0.846. The third-order valence-electron chi connectivity index (χ3n) is 3.64. The minimum absolute atomic E-state index is 0.259. The first-order chi connectivity index (χ1) is 9.45. The number of urea groups is 1. The number of rotatable bonds is 7. The maximum atomic E-state index is 12.3. The van der Waals surface area contributed by atoms with Gasteiger partial charge in [-0.25, -0.2) is 4.79 Å². The Labute approximate surface area is 120 Å². The van der Waals surface area contributed by atoms with Crippen LogP contribution in [0.25, 0.3) is 0 Å². The highest BCUT2D eigenvalue weighted by Crippen LogP contribution is 2.15. The van der Waals surface area contributed by atoms with Crippen molar-refractivity contribution in [3.05, 3.63) is 0 Å². The van der Waals surface area contributed by atoms with E-state index >= 15 is 0 Å². The zero-order valence-electron chi connectivity index (χ0n) is 12.5. The maximum Gasteiger partial charge on any atom is 0.323 e. The second-order valence-corrected chi connectivity index (χ2v) is 5.25. The van der Waals surface area contributed by atoms with Gasteiger partial charge in [-0.1, -0.05) is 0 Å². The number of likely N-dealkylation sites (N-methyl/N-ethyl adjacent to an activating group) is 2. The molecule has 0 spiro atoms. The van der Waals surface area contributed by atoms with Crippen molar-refractivity contribution in [2.75, 3.05) is 54.0 Å². The van der Waals surface area contributed by atoms with Gasteiger partial charge in [0.15, 0.2) is 0 Å². The van der Waals surface area contributed by atoms with Crippen LogP contribution >= 0.6 is 0 Å². The van der Waals surface area contributed by atoms with E-state index in [2.05, 4.69) is 11.9 Å². The van der Waals surface area contributed by atoms with Gasteiger partial charge in [0.1, 0.15) is 6.54 Å². The summed E-state index contributed by atoms with van der Waals surface area (Å²) >= 11 is 0. The van der Waals surface area contributed by atoms with Gasteiger partial charge in [0.2, 0.25) is 0 Å². The summed E-state index contributed by atoms with van der Waals surface area (Å²) in [6.07, 6.45) is 2.22. The molecule has 2 amide bonds. The third-order valence-corrected chi connectivity index (χ3v) is 3.64. The van der Waals surface area contributed by atoms with Crippen molar-refractivity contribution in [3.63, 3.8) is 0 Å². The van der Waals surface area contributed by atoms with E-state index in [1.54, 1.807) is 11.9 Å². The number of methoxy groups -OCH3 is 1. The molecule has 20 heavy (non-hydrogen) atoms. The Morgan fingerprint density at radius 2 is 2.15 bits per heavy atom. The Morgan fingerprint density at radius 1 is 1.45 bits per heavy atom. The number of ether oxygens (including phenoxy) is 1. The van der Waals surface area contributed by atoms with Gasteiger partial charge < -0.3 is 24.5 Å². The molecule has 0 radical (unpaired) electrons. The van der Waals surface area contributed by atoms with Gasteiger partial charge >= 0.3 is 12.0 Å². The molecule has 7 heteroatoms. The van der Waals surface area contributed by atoms with Crippen LogP contribution in [0.1, 0.15) is 12.8 Å². The molecule has 0 aromatic heterocycles. The number of carbonyl (C=O) groups excluding carboxylic acids is 1. The normalized spacial score (nSPS) is 19.1. The number of nitrogens with zero attached hydrogens (tertiary/aromatic N) is 3. The predicted octanol–water partition coefficient (Wildman–Crippen LogP) is 0.165. The van der Waals surface area contributed by atoms with E-state index in [-0.39, 0.29) is 19.1 Å². The minimum atomic E-state index is -1.01. The number of carboxylic acid groups (broad SMARTS) is 1. The first kappa shape index (κ1) is 16.7. The quantitative estimate of drug-likeness (QED) is 0.722. The Kier molecular flexibility index (Phi) is 6.74. The lowest BCUT2D eigenvalue weighted by Crippen LogP contribution is -2.48. The standard InChI is InChI=1S/C13H25N3O4/c1-14-6-4-5-11(14)9-15(2)13(19)16(7-8-20-3)10-12(17)18/h11H,4-10H2,1-3H3,(H,17,18). The van der Waals surface area contributed by atoms with Crippen molar-refractivity contribution in [1.82, 2.24) is 14.7 Å². The van der Waals surface area contributed by atoms with Gasteiger partial charge in [-0.05, 0) is 26.4 Å². The second kappa shape index (κ2) is 8.06. The smallest absolute Gasteiger partial charge is 0.323 e. The van der Waals surface area contributed by atoms with Crippen molar-refractivity contribution in [3.8, 4) is 0 Å².